The second kappa shape index (κ2) is 6.71. The van der Waals surface area contributed by atoms with E-state index in [9.17, 15) is 5.11 Å². The predicted molar refractivity (Wildman–Crippen MR) is 95.3 cm³/mol. The summed E-state index contributed by atoms with van der Waals surface area (Å²) in [6.07, 6.45) is 4.10. The average Bonchev–Trinajstić information content (AvgIpc) is 3.06. The van der Waals surface area contributed by atoms with E-state index in [1.54, 1.807) is 30.0 Å². The standard InChI is InChI=1S/C18H17N3OS/c1-12(11-13-7-9-14(23-2)10-8-13)17-19-18(21-20-17)15-5-3-4-6-16(15)22/h3-11,22H,1-2H3,(H,19,20,21)/b12-11+. The quantitative estimate of drug-likeness (QED) is 0.696. The van der Waals surface area contributed by atoms with Gasteiger partial charge in [-0.2, -0.15) is 5.10 Å². The van der Waals surface area contributed by atoms with E-state index in [1.807, 2.05) is 19.1 Å². The van der Waals surface area contributed by atoms with E-state index < -0.39 is 0 Å². The van der Waals surface area contributed by atoms with Crippen molar-refractivity contribution in [2.24, 2.45) is 0 Å². The molecule has 5 heteroatoms. The second-order valence-corrected chi connectivity index (χ2v) is 6.00. The van der Waals surface area contributed by atoms with Gasteiger partial charge < -0.3 is 5.11 Å². The fourth-order valence-electron chi connectivity index (χ4n) is 2.25. The molecule has 0 atom stereocenters. The molecular weight excluding hydrogens is 306 g/mol. The van der Waals surface area contributed by atoms with Gasteiger partial charge in [-0.3, -0.25) is 5.10 Å². The maximum Gasteiger partial charge on any atom is 0.177 e. The Morgan fingerprint density at radius 3 is 2.57 bits per heavy atom. The summed E-state index contributed by atoms with van der Waals surface area (Å²) in [7, 11) is 0. The first-order valence-electron chi connectivity index (χ1n) is 7.21. The topological polar surface area (TPSA) is 61.8 Å². The Balaban J connectivity index is 1.87. The number of para-hydroxylation sites is 1. The number of nitrogens with one attached hydrogen (secondary N) is 1. The third-order valence-corrected chi connectivity index (χ3v) is 4.24. The molecule has 0 radical (unpaired) electrons. The molecule has 0 aliphatic rings. The van der Waals surface area contributed by atoms with Crippen LogP contribution in [0.2, 0.25) is 0 Å². The average molecular weight is 323 g/mol. The lowest BCUT2D eigenvalue weighted by Crippen LogP contribution is -1.84. The highest BCUT2D eigenvalue weighted by molar-refractivity contribution is 7.98. The van der Waals surface area contributed by atoms with E-state index in [-0.39, 0.29) is 5.75 Å². The highest BCUT2D eigenvalue weighted by atomic mass is 32.2. The number of hydrogen-bond donors (Lipinski definition) is 2. The van der Waals surface area contributed by atoms with Crippen LogP contribution in [0.5, 0.6) is 5.75 Å². The Morgan fingerprint density at radius 1 is 1.13 bits per heavy atom. The van der Waals surface area contributed by atoms with Crippen molar-refractivity contribution in [3.63, 3.8) is 0 Å². The Morgan fingerprint density at radius 2 is 1.87 bits per heavy atom. The molecule has 1 heterocycles. The summed E-state index contributed by atoms with van der Waals surface area (Å²) in [5.74, 6) is 1.37. The molecule has 0 amide bonds. The molecule has 2 N–H and O–H groups in total. The smallest absolute Gasteiger partial charge is 0.177 e. The molecule has 2 aromatic carbocycles. The molecule has 0 saturated heterocycles. The number of H-pyrrole nitrogens is 1. The largest absolute Gasteiger partial charge is 0.507 e. The first-order chi connectivity index (χ1) is 11.2. The van der Waals surface area contributed by atoms with E-state index in [4.69, 9.17) is 0 Å². The van der Waals surface area contributed by atoms with Gasteiger partial charge in [-0.1, -0.05) is 24.3 Å². The lowest BCUT2D eigenvalue weighted by Gasteiger charge is -1.99. The summed E-state index contributed by atoms with van der Waals surface area (Å²) >= 11 is 1.72. The number of phenolic OH excluding ortho intramolecular Hbond substituents is 1. The van der Waals surface area contributed by atoms with Crippen LogP contribution in [0, 0.1) is 0 Å². The monoisotopic (exact) mass is 323 g/mol. The Labute approximate surface area is 139 Å². The van der Waals surface area contributed by atoms with Gasteiger partial charge in [0.15, 0.2) is 11.6 Å². The van der Waals surface area contributed by atoms with E-state index >= 15 is 0 Å². The van der Waals surface area contributed by atoms with E-state index in [1.165, 1.54) is 4.90 Å². The summed E-state index contributed by atoms with van der Waals surface area (Å²) in [6.45, 7) is 1.97. The number of aromatic amines is 1. The Hall–Kier alpha value is -2.53. The molecule has 3 rings (SSSR count). The molecule has 0 fully saturated rings. The minimum Gasteiger partial charge on any atom is -0.507 e. The third-order valence-electron chi connectivity index (χ3n) is 3.50. The fraction of sp³-hybridized carbons (Fsp3) is 0.111. The van der Waals surface area contributed by atoms with Gasteiger partial charge in [0.1, 0.15) is 5.75 Å². The van der Waals surface area contributed by atoms with Crippen LogP contribution >= 0.6 is 11.8 Å². The van der Waals surface area contributed by atoms with Crippen molar-refractivity contribution in [2.75, 3.05) is 6.26 Å². The Kier molecular flexibility index (Phi) is 4.48. The minimum atomic E-state index is 0.185. The normalized spacial score (nSPS) is 11.7. The van der Waals surface area contributed by atoms with Crippen molar-refractivity contribution in [3.8, 4) is 17.1 Å². The maximum absolute atomic E-state index is 9.89. The number of rotatable bonds is 4. The SMILES string of the molecule is CSc1ccc(/C=C(\C)c2n[nH]c(-c3ccccc3O)n2)cc1. The van der Waals surface area contributed by atoms with Crippen molar-refractivity contribution < 1.29 is 5.11 Å². The Bertz CT molecular complexity index is 837. The molecule has 0 unspecified atom stereocenters. The number of nitrogens with zero attached hydrogens (tertiary/aromatic N) is 2. The fourth-order valence-corrected chi connectivity index (χ4v) is 2.66. The number of aromatic nitrogens is 3. The van der Waals surface area contributed by atoms with E-state index in [0.717, 1.165) is 11.1 Å². The lowest BCUT2D eigenvalue weighted by atomic mass is 10.1. The van der Waals surface area contributed by atoms with Crippen molar-refractivity contribution >= 4 is 23.4 Å². The van der Waals surface area contributed by atoms with Crippen LogP contribution < -0.4 is 0 Å². The summed E-state index contributed by atoms with van der Waals surface area (Å²) in [5, 5.41) is 17.0. The molecule has 0 aliphatic heterocycles. The molecule has 116 valence electrons. The first kappa shape index (κ1) is 15.4. The molecule has 23 heavy (non-hydrogen) atoms. The zero-order chi connectivity index (χ0) is 16.2. The zero-order valence-electron chi connectivity index (χ0n) is 12.9. The highest BCUT2D eigenvalue weighted by Gasteiger charge is 2.10. The van der Waals surface area contributed by atoms with Gasteiger partial charge in [-0.05, 0) is 54.7 Å². The summed E-state index contributed by atoms with van der Waals surface area (Å²) in [6, 6.07) is 15.4. The van der Waals surface area contributed by atoms with Gasteiger partial charge in [-0.15, -0.1) is 11.8 Å². The van der Waals surface area contributed by atoms with Crippen molar-refractivity contribution in [3.05, 3.63) is 59.9 Å². The van der Waals surface area contributed by atoms with Crippen LogP contribution in [-0.4, -0.2) is 26.5 Å². The minimum absolute atomic E-state index is 0.185. The van der Waals surface area contributed by atoms with Gasteiger partial charge >= 0.3 is 0 Å². The lowest BCUT2D eigenvalue weighted by molar-refractivity contribution is 0.477. The van der Waals surface area contributed by atoms with E-state index in [0.29, 0.717) is 17.2 Å². The van der Waals surface area contributed by atoms with Gasteiger partial charge in [0.05, 0.1) is 5.56 Å². The van der Waals surface area contributed by atoms with Crippen LogP contribution in [0.15, 0.2) is 53.4 Å². The van der Waals surface area contributed by atoms with Crippen LogP contribution in [-0.2, 0) is 0 Å². The summed E-state index contributed by atoms with van der Waals surface area (Å²) in [5.41, 5.74) is 2.71. The number of thioether (sulfide) groups is 1. The van der Waals surface area contributed by atoms with Gasteiger partial charge in [0, 0.05) is 4.90 Å². The van der Waals surface area contributed by atoms with Crippen molar-refractivity contribution in [1.82, 2.24) is 15.2 Å². The van der Waals surface area contributed by atoms with Gasteiger partial charge in [-0.25, -0.2) is 4.98 Å². The molecule has 0 spiro atoms. The molecule has 4 nitrogen and oxygen atoms in total. The third kappa shape index (κ3) is 3.46. The second-order valence-electron chi connectivity index (χ2n) is 5.13. The van der Waals surface area contributed by atoms with Crippen LogP contribution in [0.4, 0.5) is 0 Å². The number of allylic oxidation sites excluding steroid dienone is 1. The molecule has 0 aliphatic carbocycles. The van der Waals surface area contributed by atoms with Crippen LogP contribution in [0.1, 0.15) is 18.3 Å². The summed E-state index contributed by atoms with van der Waals surface area (Å²) in [4.78, 5) is 5.71. The van der Waals surface area contributed by atoms with Crippen molar-refractivity contribution in [2.45, 2.75) is 11.8 Å². The van der Waals surface area contributed by atoms with Crippen molar-refractivity contribution in [1.29, 1.82) is 0 Å². The molecule has 0 bridgehead atoms. The number of phenols is 1. The van der Waals surface area contributed by atoms with Crippen LogP contribution in [0.25, 0.3) is 23.0 Å². The van der Waals surface area contributed by atoms with Gasteiger partial charge in [0.2, 0.25) is 0 Å². The molecule has 1 aromatic heterocycles. The maximum atomic E-state index is 9.89. The molecule has 0 saturated carbocycles. The number of benzene rings is 2. The summed E-state index contributed by atoms with van der Waals surface area (Å²) < 4.78 is 0. The highest BCUT2D eigenvalue weighted by Crippen LogP contribution is 2.26. The molecular formula is C18H17N3OS. The number of aromatic hydroxyl groups is 1. The first-order valence-corrected chi connectivity index (χ1v) is 8.43. The molecule has 3 aromatic rings. The number of hydrogen-bond acceptors (Lipinski definition) is 4. The van der Waals surface area contributed by atoms with E-state index in [2.05, 4.69) is 45.7 Å². The van der Waals surface area contributed by atoms with Gasteiger partial charge in [0.25, 0.3) is 0 Å². The van der Waals surface area contributed by atoms with Crippen LogP contribution in [0.3, 0.4) is 0 Å². The predicted octanol–water partition coefficient (Wildman–Crippen LogP) is 4.46. The zero-order valence-corrected chi connectivity index (χ0v) is 13.8.